The van der Waals surface area contributed by atoms with Crippen molar-refractivity contribution in [3.05, 3.63) is 12.5 Å². The van der Waals surface area contributed by atoms with E-state index in [-0.39, 0.29) is 0 Å². The fourth-order valence-electron chi connectivity index (χ4n) is 1.36. The van der Waals surface area contributed by atoms with Crippen molar-refractivity contribution in [2.24, 2.45) is 0 Å². The van der Waals surface area contributed by atoms with E-state index in [2.05, 4.69) is 10.3 Å². The van der Waals surface area contributed by atoms with Crippen molar-refractivity contribution in [1.82, 2.24) is 10.3 Å². The van der Waals surface area contributed by atoms with E-state index >= 15 is 0 Å². The van der Waals surface area contributed by atoms with Crippen LogP contribution >= 0.6 is 11.8 Å². The molecule has 1 rings (SSSR count). The van der Waals surface area contributed by atoms with Crippen LogP contribution in [0.2, 0.25) is 0 Å². The highest BCUT2D eigenvalue weighted by atomic mass is 32.2. The van der Waals surface area contributed by atoms with E-state index in [4.69, 9.17) is 9.52 Å². The Bertz CT molecular complexity index is 342. The molecule has 0 amide bonds. The van der Waals surface area contributed by atoms with Gasteiger partial charge in [-0.2, -0.15) is 0 Å². The molecular formula is C11H18N2O3S. The number of nitrogens with one attached hydrogen (secondary N) is 1. The summed E-state index contributed by atoms with van der Waals surface area (Å²) in [5.74, 6) is 0.0836. The molecule has 96 valence electrons. The Morgan fingerprint density at radius 3 is 2.94 bits per heavy atom. The largest absolute Gasteiger partial charge is 0.480 e. The normalized spacial score (nSPS) is 14.5. The zero-order chi connectivity index (χ0) is 12.7. The molecule has 1 unspecified atom stereocenters. The third kappa shape index (κ3) is 4.40. The smallest absolute Gasteiger partial charge is 0.323 e. The highest BCUT2D eigenvalue weighted by Gasteiger charge is 2.29. The van der Waals surface area contributed by atoms with Crippen LogP contribution in [-0.2, 0) is 4.79 Å². The minimum atomic E-state index is -0.826. The maximum atomic E-state index is 11.0. The third-order valence-corrected chi connectivity index (χ3v) is 3.67. The summed E-state index contributed by atoms with van der Waals surface area (Å²) in [4.78, 5) is 15.0. The molecule has 0 spiro atoms. The average molecular weight is 258 g/mol. The molecule has 0 aliphatic carbocycles. The number of carboxylic acids is 1. The van der Waals surface area contributed by atoms with E-state index < -0.39 is 11.5 Å². The first-order valence-electron chi connectivity index (χ1n) is 5.53. The van der Waals surface area contributed by atoms with E-state index in [1.165, 1.54) is 0 Å². The summed E-state index contributed by atoms with van der Waals surface area (Å²) >= 11 is 1.55. The number of unbranched alkanes of at least 4 members (excludes halogenated alkanes) is 1. The summed E-state index contributed by atoms with van der Waals surface area (Å²) in [5.41, 5.74) is -0.826. The van der Waals surface area contributed by atoms with Gasteiger partial charge in [-0.1, -0.05) is 18.2 Å². The zero-order valence-electron chi connectivity index (χ0n) is 10.1. The first kappa shape index (κ1) is 14.1. The lowest BCUT2D eigenvalue weighted by atomic mass is 9.95. The quantitative estimate of drug-likeness (QED) is 0.548. The maximum Gasteiger partial charge on any atom is 0.323 e. The number of carbonyl (C=O) groups is 1. The minimum Gasteiger partial charge on any atom is -0.480 e. The Morgan fingerprint density at radius 2 is 2.41 bits per heavy atom. The van der Waals surface area contributed by atoms with Crippen molar-refractivity contribution < 1.29 is 14.3 Å². The number of thioether (sulfide) groups is 1. The van der Waals surface area contributed by atoms with Gasteiger partial charge in [-0.3, -0.25) is 4.79 Å². The standard InChI is InChI=1S/C11H18N2O3S/c1-11(12-2,9(14)15)5-3-4-8-17-10-13-6-7-16-10/h6-7,12H,3-5,8H2,1-2H3,(H,14,15). The van der Waals surface area contributed by atoms with E-state index in [1.807, 2.05) is 0 Å². The van der Waals surface area contributed by atoms with E-state index in [1.54, 1.807) is 38.2 Å². The van der Waals surface area contributed by atoms with Crippen molar-refractivity contribution in [3.8, 4) is 0 Å². The highest BCUT2D eigenvalue weighted by Crippen LogP contribution is 2.19. The predicted octanol–water partition coefficient (Wildman–Crippen LogP) is 2.00. The topological polar surface area (TPSA) is 75.4 Å². The van der Waals surface area contributed by atoms with Crippen LogP contribution in [-0.4, -0.2) is 34.4 Å². The van der Waals surface area contributed by atoms with Crippen LogP contribution in [0.5, 0.6) is 0 Å². The summed E-state index contributed by atoms with van der Waals surface area (Å²) < 4.78 is 5.09. The summed E-state index contributed by atoms with van der Waals surface area (Å²) in [6.45, 7) is 1.70. The summed E-state index contributed by atoms with van der Waals surface area (Å²) in [6.07, 6.45) is 5.58. The maximum absolute atomic E-state index is 11.0. The molecule has 2 N–H and O–H groups in total. The number of hydrogen-bond donors (Lipinski definition) is 2. The van der Waals surface area contributed by atoms with Gasteiger partial charge >= 0.3 is 5.97 Å². The Hall–Kier alpha value is -1.01. The van der Waals surface area contributed by atoms with Gasteiger partial charge in [0.05, 0.1) is 6.20 Å². The molecular weight excluding hydrogens is 240 g/mol. The summed E-state index contributed by atoms with van der Waals surface area (Å²) in [7, 11) is 1.68. The number of likely N-dealkylation sites (N-methyl/N-ethyl adjacent to an activating group) is 1. The van der Waals surface area contributed by atoms with Gasteiger partial charge < -0.3 is 14.8 Å². The van der Waals surface area contributed by atoms with Gasteiger partial charge in [0.25, 0.3) is 5.22 Å². The lowest BCUT2D eigenvalue weighted by Gasteiger charge is -2.23. The second-order valence-electron chi connectivity index (χ2n) is 3.99. The first-order valence-corrected chi connectivity index (χ1v) is 6.51. The van der Waals surface area contributed by atoms with Gasteiger partial charge in [0.15, 0.2) is 0 Å². The zero-order valence-corrected chi connectivity index (χ0v) is 10.9. The molecule has 1 atom stereocenters. The van der Waals surface area contributed by atoms with Crippen molar-refractivity contribution in [2.75, 3.05) is 12.8 Å². The highest BCUT2D eigenvalue weighted by molar-refractivity contribution is 7.99. The lowest BCUT2D eigenvalue weighted by Crippen LogP contribution is -2.47. The van der Waals surface area contributed by atoms with Crippen LogP contribution in [0, 0.1) is 0 Å². The van der Waals surface area contributed by atoms with E-state index in [0.717, 1.165) is 18.6 Å². The minimum absolute atomic E-state index is 0.616. The van der Waals surface area contributed by atoms with Gasteiger partial charge in [-0.15, -0.1) is 0 Å². The van der Waals surface area contributed by atoms with Crippen molar-refractivity contribution in [1.29, 1.82) is 0 Å². The SMILES string of the molecule is CNC(C)(CCCCSc1ncco1)C(=O)O. The fourth-order valence-corrected chi connectivity index (χ4v) is 2.14. The summed E-state index contributed by atoms with van der Waals surface area (Å²) in [6, 6.07) is 0. The number of rotatable bonds is 8. The second kappa shape index (κ2) is 6.66. The predicted molar refractivity (Wildman–Crippen MR) is 66.2 cm³/mol. The monoisotopic (exact) mass is 258 g/mol. The van der Waals surface area contributed by atoms with Gasteiger partial charge in [0.2, 0.25) is 0 Å². The Morgan fingerprint density at radius 1 is 1.65 bits per heavy atom. The Kier molecular flexibility index (Phi) is 5.50. The number of oxazole rings is 1. The van der Waals surface area contributed by atoms with Gasteiger partial charge in [0, 0.05) is 5.75 Å². The van der Waals surface area contributed by atoms with Crippen LogP contribution in [0.4, 0.5) is 0 Å². The van der Waals surface area contributed by atoms with Crippen LogP contribution in [0.1, 0.15) is 26.2 Å². The Labute approximate surface area is 105 Å². The van der Waals surface area contributed by atoms with E-state index in [0.29, 0.717) is 11.6 Å². The van der Waals surface area contributed by atoms with Crippen LogP contribution in [0.3, 0.4) is 0 Å². The summed E-state index contributed by atoms with van der Waals surface area (Å²) in [5, 5.41) is 12.6. The molecule has 17 heavy (non-hydrogen) atoms. The van der Waals surface area contributed by atoms with Crippen LogP contribution < -0.4 is 5.32 Å². The van der Waals surface area contributed by atoms with Crippen LogP contribution in [0.25, 0.3) is 0 Å². The Balaban J connectivity index is 2.17. The first-order chi connectivity index (χ1) is 8.08. The molecule has 1 heterocycles. The number of hydrogen-bond acceptors (Lipinski definition) is 5. The molecule has 1 aromatic rings. The number of nitrogens with zero attached hydrogens (tertiary/aromatic N) is 1. The molecule has 0 saturated heterocycles. The van der Waals surface area contributed by atoms with Gasteiger partial charge in [0.1, 0.15) is 11.8 Å². The average Bonchev–Trinajstić information content (AvgIpc) is 2.81. The molecule has 5 nitrogen and oxygen atoms in total. The molecule has 0 saturated carbocycles. The lowest BCUT2D eigenvalue weighted by molar-refractivity contribution is -0.144. The van der Waals surface area contributed by atoms with Crippen LogP contribution in [0.15, 0.2) is 22.1 Å². The van der Waals surface area contributed by atoms with Crippen molar-refractivity contribution in [2.45, 2.75) is 36.9 Å². The van der Waals surface area contributed by atoms with Crippen molar-refractivity contribution in [3.63, 3.8) is 0 Å². The molecule has 0 aliphatic heterocycles. The molecule has 0 aliphatic rings. The molecule has 1 aromatic heterocycles. The van der Waals surface area contributed by atoms with Gasteiger partial charge in [-0.25, -0.2) is 4.98 Å². The molecule has 0 fully saturated rings. The number of aliphatic carboxylic acids is 1. The van der Waals surface area contributed by atoms with E-state index in [9.17, 15) is 4.79 Å². The molecule has 0 bridgehead atoms. The third-order valence-electron chi connectivity index (χ3n) is 2.73. The molecule has 6 heteroatoms. The van der Waals surface area contributed by atoms with Gasteiger partial charge in [-0.05, 0) is 26.8 Å². The number of aromatic nitrogens is 1. The molecule has 0 radical (unpaired) electrons. The second-order valence-corrected chi connectivity index (χ2v) is 5.04. The van der Waals surface area contributed by atoms with Crippen molar-refractivity contribution >= 4 is 17.7 Å². The molecule has 0 aromatic carbocycles. The fraction of sp³-hybridized carbons (Fsp3) is 0.636. The number of carboxylic acid groups (broad SMARTS) is 1.